The van der Waals surface area contributed by atoms with Crippen LogP contribution in [0.25, 0.3) is 0 Å². The molecule has 2 N–H and O–H groups in total. The van der Waals surface area contributed by atoms with Crippen LogP contribution in [0.3, 0.4) is 0 Å². The van der Waals surface area contributed by atoms with Gasteiger partial charge in [0, 0.05) is 22.3 Å². The Morgan fingerprint density at radius 1 is 1.23 bits per heavy atom. The lowest BCUT2D eigenvalue weighted by atomic mass is 10.2. The van der Waals surface area contributed by atoms with E-state index in [0.29, 0.717) is 6.54 Å². The molecule has 0 unspecified atom stereocenters. The second-order valence-corrected chi connectivity index (χ2v) is 5.78. The van der Waals surface area contributed by atoms with Crippen molar-refractivity contribution in [2.45, 2.75) is 13.5 Å². The molecule has 2 aromatic carbocycles. The average molecular weight is 363 g/mol. The molecule has 5 heteroatoms. The van der Waals surface area contributed by atoms with Crippen LogP contribution in [0.15, 0.2) is 46.9 Å². The lowest BCUT2D eigenvalue weighted by Crippen LogP contribution is -2.29. The van der Waals surface area contributed by atoms with Crippen molar-refractivity contribution in [1.82, 2.24) is 5.32 Å². The summed E-state index contributed by atoms with van der Waals surface area (Å²) in [5, 5.41) is 5.99. The van der Waals surface area contributed by atoms with Crippen molar-refractivity contribution >= 4 is 27.5 Å². The van der Waals surface area contributed by atoms with Gasteiger partial charge in [-0.25, -0.2) is 0 Å². The Labute approximate surface area is 139 Å². The number of ether oxygens (including phenoxy) is 1. The van der Waals surface area contributed by atoms with Crippen LogP contribution in [0.4, 0.5) is 5.69 Å². The Kier molecular flexibility index (Phi) is 5.83. The number of benzene rings is 2. The minimum Gasteiger partial charge on any atom is -0.496 e. The fourth-order valence-corrected chi connectivity index (χ4v) is 2.68. The minimum absolute atomic E-state index is 0.0709. The van der Waals surface area contributed by atoms with Gasteiger partial charge >= 0.3 is 0 Å². The number of aryl methyl sites for hydroxylation is 1. The first-order valence-corrected chi connectivity index (χ1v) is 7.78. The Balaban J connectivity index is 1.85. The van der Waals surface area contributed by atoms with Crippen molar-refractivity contribution < 1.29 is 9.53 Å². The number of nitrogens with one attached hydrogen (secondary N) is 2. The van der Waals surface area contributed by atoms with E-state index in [1.165, 1.54) is 0 Å². The highest BCUT2D eigenvalue weighted by Crippen LogP contribution is 2.23. The molecule has 0 fully saturated rings. The van der Waals surface area contributed by atoms with Gasteiger partial charge in [-0.3, -0.25) is 4.79 Å². The van der Waals surface area contributed by atoms with Gasteiger partial charge in [0.1, 0.15) is 5.75 Å². The second kappa shape index (κ2) is 7.84. The molecule has 2 rings (SSSR count). The first kappa shape index (κ1) is 16.4. The number of anilines is 1. The summed E-state index contributed by atoms with van der Waals surface area (Å²) in [6.45, 7) is 2.69. The third kappa shape index (κ3) is 4.49. The first-order valence-electron chi connectivity index (χ1n) is 6.99. The number of hydrogen-bond acceptors (Lipinski definition) is 3. The molecule has 0 spiro atoms. The van der Waals surface area contributed by atoms with Crippen LogP contribution >= 0.6 is 15.9 Å². The van der Waals surface area contributed by atoms with Crippen molar-refractivity contribution in [2.24, 2.45) is 0 Å². The summed E-state index contributed by atoms with van der Waals surface area (Å²) in [6, 6.07) is 13.6. The zero-order valence-electron chi connectivity index (χ0n) is 12.7. The van der Waals surface area contributed by atoms with Crippen molar-refractivity contribution in [2.75, 3.05) is 19.0 Å². The summed E-state index contributed by atoms with van der Waals surface area (Å²) < 4.78 is 6.21. The quantitative estimate of drug-likeness (QED) is 0.826. The monoisotopic (exact) mass is 362 g/mol. The largest absolute Gasteiger partial charge is 0.496 e. The van der Waals surface area contributed by atoms with Crippen molar-refractivity contribution in [1.29, 1.82) is 0 Å². The maximum atomic E-state index is 11.9. The van der Waals surface area contributed by atoms with E-state index in [9.17, 15) is 4.79 Å². The van der Waals surface area contributed by atoms with E-state index < -0.39 is 0 Å². The normalized spacial score (nSPS) is 10.1. The van der Waals surface area contributed by atoms with Gasteiger partial charge < -0.3 is 15.4 Å². The van der Waals surface area contributed by atoms with Crippen LogP contribution in [0.1, 0.15) is 11.1 Å². The predicted molar refractivity (Wildman–Crippen MR) is 92.2 cm³/mol. The van der Waals surface area contributed by atoms with Gasteiger partial charge in [-0.15, -0.1) is 0 Å². The highest BCUT2D eigenvalue weighted by atomic mass is 79.9. The van der Waals surface area contributed by atoms with E-state index in [1.54, 1.807) is 7.11 Å². The smallest absolute Gasteiger partial charge is 0.239 e. The predicted octanol–water partition coefficient (Wildman–Crippen LogP) is 3.49. The molecule has 0 saturated heterocycles. The van der Waals surface area contributed by atoms with Crippen molar-refractivity contribution in [3.05, 3.63) is 58.1 Å². The van der Waals surface area contributed by atoms with Crippen LogP contribution in [0.5, 0.6) is 5.75 Å². The molecule has 0 aliphatic rings. The molecule has 0 atom stereocenters. The molecule has 4 nitrogen and oxygen atoms in total. The number of halogens is 1. The zero-order chi connectivity index (χ0) is 15.9. The standard InChI is InChI=1S/C17H19BrN2O2/c1-12-7-8-15(14(18)9-12)19-11-17(21)20-10-13-5-3-4-6-16(13)22-2/h3-9,19H,10-11H2,1-2H3,(H,20,21). The van der Waals surface area contributed by atoms with Gasteiger partial charge in [-0.05, 0) is 46.6 Å². The summed E-state index contributed by atoms with van der Waals surface area (Å²) in [4.78, 5) is 11.9. The average Bonchev–Trinajstić information content (AvgIpc) is 2.52. The fourth-order valence-electron chi connectivity index (χ4n) is 2.04. The van der Waals surface area contributed by atoms with Gasteiger partial charge in [0.15, 0.2) is 0 Å². The number of para-hydroxylation sites is 1. The van der Waals surface area contributed by atoms with Gasteiger partial charge in [-0.1, -0.05) is 24.3 Å². The van der Waals surface area contributed by atoms with E-state index in [2.05, 4.69) is 26.6 Å². The Morgan fingerprint density at radius 2 is 2.00 bits per heavy atom. The number of rotatable bonds is 6. The molecule has 0 bridgehead atoms. The highest BCUT2D eigenvalue weighted by Gasteiger charge is 2.06. The topological polar surface area (TPSA) is 50.4 Å². The summed E-state index contributed by atoms with van der Waals surface area (Å²) >= 11 is 3.48. The van der Waals surface area contributed by atoms with Gasteiger partial charge in [0.2, 0.25) is 5.91 Å². The lowest BCUT2D eigenvalue weighted by molar-refractivity contribution is -0.119. The molecule has 116 valence electrons. The molecule has 0 aromatic heterocycles. The van der Waals surface area contributed by atoms with E-state index in [4.69, 9.17) is 4.74 Å². The molecule has 0 aliphatic carbocycles. The zero-order valence-corrected chi connectivity index (χ0v) is 14.2. The van der Waals surface area contributed by atoms with E-state index in [1.807, 2.05) is 49.4 Å². The number of carbonyl (C=O) groups is 1. The maximum Gasteiger partial charge on any atom is 0.239 e. The van der Waals surface area contributed by atoms with Gasteiger partial charge in [0.25, 0.3) is 0 Å². The Bertz CT molecular complexity index is 659. The summed E-state index contributed by atoms with van der Waals surface area (Å²) in [6.07, 6.45) is 0. The number of amides is 1. The Hall–Kier alpha value is -2.01. The van der Waals surface area contributed by atoms with E-state index >= 15 is 0 Å². The molecule has 22 heavy (non-hydrogen) atoms. The van der Waals surface area contributed by atoms with Crippen LogP contribution in [-0.4, -0.2) is 19.6 Å². The summed E-state index contributed by atoms with van der Waals surface area (Å²) in [5.41, 5.74) is 3.02. The van der Waals surface area contributed by atoms with Crippen molar-refractivity contribution in [3.63, 3.8) is 0 Å². The third-order valence-corrected chi connectivity index (χ3v) is 3.89. The fraction of sp³-hybridized carbons (Fsp3) is 0.235. The van der Waals surface area contributed by atoms with Gasteiger partial charge in [-0.2, -0.15) is 0 Å². The van der Waals surface area contributed by atoms with Crippen molar-refractivity contribution in [3.8, 4) is 5.75 Å². The second-order valence-electron chi connectivity index (χ2n) is 4.93. The number of methoxy groups -OCH3 is 1. The highest BCUT2D eigenvalue weighted by molar-refractivity contribution is 9.10. The first-order chi connectivity index (χ1) is 10.6. The summed E-state index contributed by atoms with van der Waals surface area (Å²) in [5.74, 6) is 0.704. The molecule has 0 aliphatic heterocycles. The maximum absolute atomic E-state index is 11.9. The molecular weight excluding hydrogens is 344 g/mol. The summed E-state index contributed by atoms with van der Waals surface area (Å²) in [7, 11) is 1.62. The molecule has 1 amide bonds. The number of hydrogen-bond donors (Lipinski definition) is 2. The van der Waals surface area contributed by atoms with E-state index in [0.717, 1.165) is 27.0 Å². The molecule has 0 heterocycles. The molecule has 0 saturated carbocycles. The third-order valence-electron chi connectivity index (χ3n) is 3.23. The van der Waals surface area contributed by atoms with Gasteiger partial charge in [0.05, 0.1) is 13.7 Å². The van der Waals surface area contributed by atoms with Crippen LogP contribution in [0, 0.1) is 6.92 Å². The molecule has 2 aromatic rings. The molecular formula is C17H19BrN2O2. The minimum atomic E-state index is -0.0709. The Morgan fingerprint density at radius 3 is 2.73 bits per heavy atom. The SMILES string of the molecule is COc1ccccc1CNC(=O)CNc1ccc(C)cc1Br. The van der Waals surface area contributed by atoms with Crippen LogP contribution < -0.4 is 15.4 Å². The van der Waals surface area contributed by atoms with Crippen LogP contribution in [-0.2, 0) is 11.3 Å². The number of carbonyl (C=O) groups excluding carboxylic acids is 1. The molecule has 0 radical (unpaired) electrons. The van der Waals surface area contributed by atoms with E-state index in [-0.39, 0.29) is 12.5 Å². The van der Waals surface area contributed by atoms with Crippen LogP contribution in [0.2, 0.25) is 0 Å². The lowest BCUT2D eigenvalue weighted by Gasteiger charge is -2.11.